The lowest BCUT2D eigenvalue weighted by atomic mass is 10.2. The highest BCUT2D eigenvalue weighted by Gasteiger charge is 2.02. The smallest absolute Gasteiger partial charge is 0.0465 e. The number of thiophene rings is 1. The molecule has 4 heteroatoms. The van der Waals surface area contributed by atoms with E-state index in [2.05, 4.69) is 23.7 Å². The molecule has 0 aliphatic heterocycles. The summed E-state index contributed by atoms with van der Waals surface area (Å²) < 4.78 is 0. The van der Waals surface area contributed by atoms with Crippen LogP contribution in [0.2, 0.25) is 10.0 Å². The number of hydrogen-bond acceptors (Lipinski definition) is 2. The summed E-state index contributed by atoms with van der Waals surface area (Å²) in [5.41, 5.74) is 2.41. The number of hydrogen-bond donors (Lipinski definition) is 1. The highest BCUT2D eigenvalue weighted by Crippen LogP contribution is 2.21. The first-order chi connectivity index (χ1) is 8.16. The summed E-state index contributed by atoms with van der Waals surface area (Å²) in [7, 11) is 0. The third kappa shape index (κ3) is 3.46. The number of aryl methyl sites for hydroxylation is 1. The third-order valence-electron chi connectivity index (χ3n) is 2.58. The molecule has 0 saturated carbocycles. The summed E-state index contributed by atoms with van der Waals surface area (Å²) in [5.74, 6) is 0. The minimum absolute atomic E-state index is 0.674. The lowest BCUT2D eigenvalue weighted by Crippen LogP contribution is -2.12. The van der Waals surface area contributed by atoms with Crippen molar-refractivity contribution in [1.82, 2.24) is 5.32 Å². The summed E-state index contributed by atoms with van der Waals surface area (Å²) in [5, 5.41) is 6.89. The molecule has 0 bridgehead atoms. The van der Waals surface area contributed by atoms with Crippen molar-refractivity contribution in [3.8, 4) is 0 Å². The van der Waals surface area contributed by atoms with Gasteiger partial charge < -0.3 is 5.32 Å². The highest BCUT2D eigenvalue weighted by atomic mass is 35.5. The van der Waals surface area contributed by atoms with Crippen LogP contribution in [0.1, 0.15) is 16.0 Å². The van der Waals surface area contributed by atoms with E-state index in [0.717, 1.165) is 18.7 Å². The van der Waals surface area contributed by atoms with Crippen LogP contribution in [0.15, 0.2) is 29.6 Å². The largest absolute Gasteiger partial charge is 0.308 e. The monoisotopic (exact) mass is 285 g/mol. The maximum atomic E-state index is 6.10. The molecule has 0 atom stereocenters. The molecule has 0 fully saturated rings. The normalized spacial score (nSPS) is 10.8. The van der Waals surface area contributed by atoms with E-state index in [9.17, 15) is 0 Å². The predicted molar refractivity (Wildman–Crippen MR) is 76.1 cm³/mol. The molecule has 0 radical (unpaired) electrons. The van der Waals surface area contributed by atoms with Crippen molar-refractivity contribution in [3.63, 3.8) is 0 Å². The van der Waals surface area contributed by atoms with Crippen LogP contribution in [0.3, 0.4) is 0 Å². The highest BCUT2D eigenvalue weighted by molar-refractivity contribution is 7.10. The SMILES string of the molecule is Cc1ccsc1CNCc1ccc(Cl)cc1Cl. The van der Waals surface area contributed by atoms with Gasteiger partial charge in [0, 0.05) is 28.0 Å². The van der Waals surface area contributed by atoms with Crippen LogP contribution in [0, 0.1) is 6.92 Å². The molecule has 0 aliphatic rings. The van der Waals surface area contributed by atoms with Gasteiger partial charge in [-0.25, -0.2) is 0 Å². The Labute approximate surface area is 115 Å². The molecule has 0 spiro atoms. The van der Waals surface area contributed by atoms with Gasteiger partial charge >= 0.3 is 0 Å². The Bertz CT molecular complexity index is 508. The molecule has 1 aromatic heterocycles. The van der Waals surface area contributed by atoms with Crippen LogP contribution < -0.4 is 5.32 Å². The molecule has 2 aromatic rings. The molecule has 17 heavy (non-hydrogen) atoms. The van der Waals surface area contributed by atoms with Crippen LogP contribution in [-0.4, -0.2) is 0 Å². The zero-order valence-corrected chi connectivity index (χ0v) is 11.8. The van der Waals surface area contributed by atoms with E-state index in [1.165, 1.54) is 10.4 Å². The molecule has 1 N–H and O–H groups in total. The lowest BCUT2D eigenvalue weighted by molar-refractivity contribution is 0.699. The molecule has 1 aromatic carbocycles. The van der Waals surface area contributed by atoms with Gasteiger partial charge in [0.2, 0.25) is 0 Å². The van der Waals surface area contributed by atoms with Crippen molar-refractivity contribution in [1.29, 1.82) is 0 Å². The van der Waals surface area contributed by atoms with Gasteiger partial charge in [-0.3, -0.25) is 0 Å². The second-order valence-electron chi connectivity index (χ2n) is 3.87. The van der Waals surface area contributed by atoms with Crippen LogP contribution in [0.5, 0.6) is 0 Å². The molecular formula is C13H13Cl2NS. The maximum Gasteiger partial charge on any atom is 0.0465 e. The van der Waals surface area contributed by atoms with Crippen molar-refractivity contribution in [2.24, 2.45) is 0 Å². The van der Waals surface area contributed by atoms with Crippen LogP contribution in [0.25, 0.3) is 0 Å². The molecule has 0 saturated heterocycles. The number of rotatable bonds is 4. The first kappa shape index (κ1) is 12.9. The van der Waals surface area contributed by atoms with Crippen LogP contribution in [0.4, 0.5) is 0 Å². The molecular weight excluding hydrogens is 273 g/mol. The second kappa shape index (κ2) is 5.87. The molecule has 1 nitrogen and oxygen atoms in total. The first-order valence-electron chi connectivity index (χ1n) is 5.34. The summed E-state index contributed by atoms with van der Waals surface area (Å²) in [6.45, 7) is 3.76. The van der Waals surface area contributed by atoms with Crippen molar-refractivity contribution in [3.05, 3.63) is 55.7 Å². The van der Waals surface area contributed by atoms with Crippen LogP contribution >= 0.6 is 34.5 Å². The Hall–Kier alpha value is -0.540. The molecule has 1 heterocycles. The average Bonchev–Trinajstić information content (AvgIpc) is 2.68. The van der Waals surface area contributed by atoms with E-state index in [0.29, 0.717) is 10.0 Å². The second-order valence-corrected chi connectivity index (χ2v) is 5.71. The topological polar surface area (TPSA) is 12.0 Å². The lowest BCUT2D eigenvalue weighted by Gasteiger charge is -2.06. The average molecular weight is 286 g/mol. The quantitative estimate of drug-likeness (QED) is 0.862. The Morgan fingerprint density at radius 3 is 2.65 bits per heavy atom. The summed E-state index contributed by atoms with van der Waals surface area (Å²) in [4.78, 5) is 1.37. The van der Waals surface area contributed by atoms with Gasteiger partial charge in [-0.1, -0.05) is 29.3 Å². The molecule has 2 rings (SSSR count). The Morgan fingerprint density at radius 1 is 1.18 bits per heavy atom. The van der Waals surface area contributed by atoms with E-state index in [4.69, 9.17) is 23.2 Å². The predicted octanol–water partition coefficient (Wildman–Crippen LogP) is 4.65. The third-order valence-corrected chi connectivity index (χ3v) is 4.19. The van der Waals surface area contributed by atoms with Gasteiger partial charge in [-0.2, -0.15) is 0 Å². The van der Waals surface area contributed by atoms with Crippen molar-refractivity contribution >= 4 is 34.5 Å². The standard InChI is InChI=1S/C13H13Cl2NS/c1-9-4-5-17-13(9)8-16-7-10-2-3-11(14)6-12(10)15/h2-6,16H,7-8H2,1H3. The number of nitrogens with one attached hydrogen (secondary N) is 1. The van der Waals surface area contributed by atoms with Crippen molar-refractivity contribution in [2.75, 3.05) is 0 Å². The number of halogens is 2. The maximum absolute atomic E-state index is 6.10. The Morgan fingerprint density at radius 2 is 2.00 bits per heavy atom. The van der Waals surface area contributed by atoms with Gasteiger partial charge in [0.1, 0.15) is 0 Å². The van der Waals surface area contributed by atoms with Gasteiger partial charge in [-0.15, -0.1) is 11.3 Å². The minimum atomic E-state index is 0.674. The van der Waals surface area contributed by atoms with E-state index in [1.54, 1.807) is 17.4 Å². The summed E-state index contributed by atoms with van der Waals surface area (Å²) in [6.07, 6.45) is 0. The van der Waals surface area contributed by atoms with Crippen LogP contribution in [-0.2, 0) is 13.1 Å². The van der Waals surface area contributed by atoms with E-state index >= 15 is 0 Å². The van der Waals surface area contributed by atoms with Gasteiger partial charge in [0.15, 0.2) is 0 Å². The molecule has 0 unspecified atom stereocenters. The Kier molecular flexibility index (Phi) is 4.46. The zero-order valence-electron chi connectivity index (χ0n) is 9.47. The fourth-order valence-electron chi connectivity index (χ4n) is 1.56. The zero-order chi connectivity index (χ0) is 12.3. The summed E-state index contributed by atoms with van der Waals surface area (Å²) >= 11 is 13.7. The van der Waals surface area contributed by atoms with E-state index in [-0.39, 0.29) is 0 Å². The molecule has 0 amide bonds. The van der Waals surface area contributed by atoms with E-state index in [1.807, 2.05) is 12.1 Å². The molecule has 90 valence electrons. The minimum Gasteiger partial charge on any atom is -0.308 e. The number of benzene rings is 1. The molecule has 0 aliphatic carbocycles. The fraction of sp³-hybridized carbons (Fsp3) is 0.231. The first-order valence-corrected chi connectivity index (χ1v) is 6.98. The fourth-order valence-corrected chi connectivity index (χ4v) is 2.91. The van der Waals surface area contributed by atoms with Gasteiger partial charge in [0.05, 0.1) is 0 Å². The van der Waals surface area contributed by atoms with Crippen molar-refractivity contribution in [2.45, 2.75) is 20.0 Å². The summed E-state index contributed by atoms with van der Waals surface area (Å²) in [6, 6.07) is 7.73. The van der Waals surface area contributed by atoms with Gasteiger partial charge in [-0.05, 0) is 41.6 Å². The van der Waals surface area contributed by atoms with Crippen molar-refractivity contribution < 1.29 is 0 Å². The van der Waals surface area contributed by atoms with E-state index < -0.39 is 0 Å². The van der Waals surface area contributed by atoms with Gasteiger partial charge in [0.25, 0.3) is 0 Å². The Balaban J connectivity index is 1.92.